The molecular formula is C16H20N2O4S. The number of ether oxygens (including phenoxy) is 1. The molecule has 2 atom stereocenters. The lowest BCUT2D eigenvalue weighted by Crippen LogP contribution is -2.52. The van der Waals surface area contributed by atoms with E-state index in [1.165, 1.54) is 9.78 Å². The Bertz CT molecular complexity index is 593. The number of thiophene rings is 1. The summed E-state index contributed by atoms with van der Waals surface area (Å²) in [5, 5.41) is 2.04. The fraction of sp³-hybridized carbons (Fsp3) is 0.562. The Morgan fingerprint density at radius 3 is 2.52 bits per heavy atom. The monoisotopic (exact) mass is 336 g/mol. The number of esters is 1. The molecule has 1 aromatic heterocycles. The summed E-state index contributed by atoms with van der Waals surface area (Å²) >= 11 is 1.70. The number of nitrogens with zero attached hydrogens (tertiary/aromatic N) is 2. The number of piperazine rings is 1. The van der Waals surface area contributed by atoms with Crippen LogP contribution in [0.4, 0.5) is 0 Å². The fourth-order valence-electron chi connectivity index (χ4n) is 2.97. The molecule has 0 aromatic carbocycles. The van der Waals surface area contributed by atoms with Gasteiger partial charge in [-0.15, -0.1) is 11.3 Å². The molecule has 1 aliphatic heterocycles. The van der Waals surface area contributed by atoms with Crippen molar-refractivity contribution in [2.45, 2.75) is 19.3 Å². The number of rotatable bonds is 3. The first-order chi connectivity index (χ1) is 11.1. The summed E-state index contributed by atoms with van der Waals surface area (Å²) in [5.41, 5.74) is 0. The summed E-state index contributed by atoms with van der Waals surface area (Å²) in [5.74, 6) is -0.802. The van der Waals surface area contributed by atoms with Gasteiger partial charge in [-0.05, 0) is 24.8 Å². The normalized spacial score (nSPS) is 23.5. The maximum absolute atomic E-state index is 12.5. The SMILES string of the molecule is CCOC(=O)C(=O)N1CCN(C(=O)[C@@H]2C[C@H]2c2cccs2)CC1. The van der Waals surface area contributed by atoms with Crippen molar-refractivity contribution in [2.75, 3.05) is 32.8 Å². The zero-order valence-electron chi connectivity index (χ0n) is 13.1. The Hall–Kier alpha value is -1.89. The lowest BCUT2D eigenvalue weighted by molar-refractivity contribution is -0.161. The first kappa shape index (κ1) is 16.0. The molecular weight excluding hydrogens is 316 g/mol. The predicted octanol–water partition coefficient (Wildman–Crippen LogP) is 1.09. The molecule has 124 valence electrons. The van der Waals surface area contributed by atoms with Crippen LogP contribution in [0.1, 0.15) is 24.1 Å². The van der Waals surface area contributed by atoms with Crippen molar-refractivity contribution in [2.24, 2.45) is 5.92 Å². The third-order valence-electron chi connectivity index (χ3n) is 4.34. The fourth-order valence-corrected chi connectivity index (χ4v) is 3.88. The molecule has 7 heteroatoms. The van der Waals surface area contributed by atoms with E-state index < -0.39 is 11.9 Å². The summed E-state index contributed by atoms with van der Waals surface area (Å²) in [6.45, 7) is 3.60. The van der Waals surface area contributed by atoms with Crippen LogP contribution in [0.25, 0.3) is 0 Å². The maximum atomic E-state index is 12.5. The summed E-state index contributed by atoms with van der Waals surface area (Å²) in [7, 11) is 0. The van der Waals surface area contributed by atoms with Gasteiger partial charge in [0, 0.05) is 42.9 Å². The molecule has 0 spiro atoms. The maximum Gasteiger partial charge on any atom is 0.397 e. The average Bonchev–Trinajstić information content (AvgIpc) is 3.18. The molecule has 2 aliphatic rings. The standard InChI is InChI=1S/C16H20N2O4S/c1-2-22-16(21)15(20)18-7-5-17(6-8-18)14(19)12-10-11(12)13-4-3-9-23-13/h3-4,9,11-12H,2,5-8,10H2,1H3/t11-,12-/m1/s1. The van der Waals surface area contributed by atoms with E-state index in [1.54, 1.807) is 18.3 Å². The van der Waals surface area contributed by atoms with Gasteiger partial charge in [-0.3, -0.25) is 9.59 Å². The van der Waals surface area contributed by atoms with Crippen LogP contribution in [-0.4, -0.2) is 60.4 Å². The smallest absolute Gasteiger partial charge is 0.397 e. The van der Waals surface area contributed by atoms with Crippen LogP contribution in [0.3, 0.4) is 0 Å². The topological polar surface area (TPSA) is 66.9 Å². The van der Waals surface area contributed by atoms with E-state index in [-0.39, 0.29) is 18.4 Å². The van der Waals surface area contributed by atoms with Gasteiger partial charge in [0.2, 0.25) is 5.91 Å². The Morgan fingerprint density at radius 1 is 1.22 bits per heavy atom. The molecule has 1 aromatic rings. The van der Waals surface area contributed by atoms with Crippen molar-refractivity contribution in [1.29, 1.82) is 0 Å². The van der Waals surface area contributed by atoms with Crippen molar-refractivity contribution in [3.8, 4) is 0 Å². The lowest BCUT2D eigenvalue weighted by Gasteiger charge is -2.34. The highest BCUT2D eigenvalue weighted by Crippen LogP contribution is 2.50. The van der Waals surface area contributed by atoms with Gasteiger partial charge in [0.05, 0.1) is 6.61 Å². The van der Waals surface area contributed by atoms with Crippen molar-refractivity contribution < 1.29 is 19.1 Å². The predicted molar refractivity (Wildman–Crippen MR) is 85.0 cm³/mol. The van der Waals surface area contributed by atoms with Crippen LogP contribution >= 0.6 is 11.3 Å². The number of amides is 2. The van der Waals surface area contributed by atoms with Crippen molar-refractivity contribution in [3.05, 3.63) is 22.4 Å². The summed E-state index contributed by atoms with van der Waals surface area (Å²) in [6, 6.07) is 4.10. The zero-order valence-corrected chi connectivity index (χ0v) is 13.9. The second kappa shape index (κ2) is 6.70. The van der Waals surface area contributed by atoms with E-state index in [0.29, 0.717) is 32.1 Å². The van der Waals surface area contributed by atoms with Crippen LogP contribution in [-0.2, 0) is 19.1 Å². The minimum atomic E-state index is -0.813. The Kier molecular flexibility index (Phi) is 4.66. The number of carbonyl (C=O) groups excluding carboxylic acids is 3. The number of carbonyl (C=O) groups is 3. The second-order valence-electron chi connectivity index (χ2n) is 5.80. The van der Waals surface area contributed by atoms with Gasteiger partial charge in [-0.1, -0.05) is 6.07 Å². The number of hydrogen-bond donors (Lipinski definition) is 0. The van der Waals surface area contributed by atoms with Crippen molar-refractivity contribution in [1.82, 2.24) is 9.80 Å². The summed E-state index contributed by atoms with van der Waals surface area (Å²) in [4.78, 5) is 40.4. The molecule has 0 N–H and O–H groups in total. The Labute approximate surface area is 139 Å². The first-order valence-electron chi connectivity index (χ1n) is 7.90. The molecule has 0 unspecified atom stereocenters. The van der Waals surface area contributed by atoms with Crippen LogP contribution in [0.2, 0.25) is 0 Å². The molecule has 0 bridgehead atoms. The third kappa shape index (κ3) is 3.39. The molecule has 2 fully saturated rings. The van der Waals surface area contributed by atoms with Crippen LogP contribution in [0.5, 0.6) is 0 Å². The molecule has 3 rings (SSSR count). The van der Waals surface area contributed by atoms with Gasteiger partial charge in [0.15, 0.2) is 0 Å². The highest BCUT2D eigenvalue weighted by atomic mass is 32.1. The highest BCUT2D eigenvalue weighted by molar-refractivity contribution is 7.10. The molecule has 23 heavy (non-hydrogen) atoms. The molecule has 1 saturated heterocycles. The molecule has 2 amide bonds. The van der Waals surface area contributed by atoms with Gasteiger partial charge >= 0.3 is 11.9 Å². The molecule has 1 saturated carbocycles. The average molecular weight is 336 g/mol. The van der Waals surface area contributed by atoms with E-state index in [4.69, 9.17) is 4.74 Å². The van der Waals surface area contributed by atoms with E-state index in [2.05, 4.69) is 6.07 Å². The minimum absolute atomic E-state index is 0.0842. The van der Waals surface area contributed by atoms with Crippen LogP contribution in [0, 0.1) is 5.92 Å². The Morgan fingerprint density at radius 2 is 1.91 bits per heavy atom. The molecule has 1 aliphatic carbocycles. The number of hydrogen-bond acceptors (Lipinski definition) is 5. The summed E-state index contributed by atoms with van der Waals surface area (Å²) in [6.07, 6.45) is 0.918. The van der Waals surface area contributed by atoms with Crippen LogP contribution in [0.15, 0.2) is 17.5 Å². The summed E-state index contributed by atoms with van der Waals surface area (Å²) < 4.78 is 4.73. The van der Waals surface area contributed by atoms with E-state index >= 15 is 0 Å². The Balaban J connectivity index is 1.49. The molecule has 6 nitrogen and oxygen atoms in total. The second-order valence-corrected chi connectivity index (χ2v) is 6.78. The van der Waals surface area contributed by atoms with Gasteiger partial charge in [-0.2, -0.15) is 0 Å². The van der Waals surface area contributed by atoms with Gasteiger partial charge in [-0.25, -0.2) is 4.79 Å². The van der Waals surface area contributed by atoms with E-state index in [9.17, 15) is 14.4 Å². The van der Waals surface area contributed by atoms with Gasteiger partial charge in [0.25, 0.3) is 0 Å². The zero-order chi connectivity index (χ0) is 16.4. The first-order valence-corrected chi connectivity index (χ1v) is 8.78. The largest absolute Gasteiger partial charge is 0.459 e. The lowest BCUT2D eigenvalue weighted by atomic mass is 10.2. The van der Waals surface area contributed by atoms with Crippen molar-refractivity contribution in [3.63, 3.8) is 0 Å². The van der Waals surface area contributed by atoms with Gasteiger partial charge in [0.1, 0.15) is 0 Å². The van der Waals surface area contributed by atoms with E-state index in [1.807, 2.05) is 16.3 Å². The third-order valence-corrected chi connectivity index (χ3v) is 5.35. The molecule has 0 radical (unpaired) electrons. The van der Waals surface area contributed by atoms with Crippen molar-refractivity contribution >= 4 is 29.1 Å². The van der Waals surface area contributed by atoms with E-state index in [0.717, 1.165) is 6.42 Å². The quantitative estimate of drug-likeness (QED) is 0.612. The highest BCUT2D eigenvalue weighted by Gasteiger charge is 2.46. The molecule has 2 heterocycles. The minimum Gasteiger partial charge on any atom is -0.459 e. The van der Waals surface area contributed by atoms with Gasteiger partial charge < -0.3 is 14.5 Å². The van der Waals surface area contributed by atoms with Crippen LogP contribution < -0.4 is 0 Å².